The maximum atomic E-state index is 6.12. The van der Waals surface area contributed by atoms with E-state index in [2.05, 4.69) is 48.5 Å². The summed E-state index contributed by atoms with van der Waals surface area (Å²) in [6, 6.07) is 18.3. The van der Waals surface area contributed by atoms with Crippen LogP contribution >= 0.6 is 0 Å². The standard InChI is InChI=1S/C32H40N2/c33-27-5-1-25(2-6-27)29-11-21-9-22(12-29)16-31(15-21,19-29)32-17-23-10-24(18-32)14-30(13-23,20-32)26-3-7-28(34)8-4-26/h1-8,21-24H,9-20,33-34H2. The molecule has 8 fully saturated rings. The fourth-order valence-electron chi connectivity index (χ4n) is 12.1. The number of hydrogen-bond acceptors (Lipinski definition) is 2. The summed E-state index contributed by atoms with van der Waals surface area (Å²) in [5.41, 5.74) is 19.2. The molecule has 2 aromatic rings. The molecule has 34 heavy (non-hydrogen) atoms. The van der Waals surface area contributed by atoms with Crippen molar-refractivity contribution >= 4 is 11.4 Å². The number of hydrogen-bond donors (Lipinski definition) is 2. The van der Waals surface area contributed by atoms with Crippen molar-refractivity contribution in [3.8, 4) is 0 Å². The highest BCUT2D eigenvalue weighted by molar-refractivity contribution is 5.45. The molecule has 0 aromatic heterocycles. The fourth-order valence-corrected chi connectivity index (χ4v) is 12.1. The maximum Gasteiger partial charge on any atom is 0.0314 e. The van der Waals surface area contributed by atoms with Gasteiger partial charge in [0.15, 0.2) is 0 Å². The van der Waals surface area contributed by atoms with Crippen molar-refractivity contribution in [3.05, 3.63) is 59.7 Å². The van der Waals surface area contributed by atoms with Crippen molar-refractivity contribution in [3.63, 3.8) is 0 Å². The topological polar surface area (TPSA) is 52.0 Å². The summed E-state index contributed by atoms with van der Waals surface area (Å²) in [5, 5.41) is 0. The Balaban J connectivity index is 1.23. The third kappa shape index (κ3) is 2.58. The molecule has 0 radical (unpaired) electrons. The van der Waals surface area contributed by atoms with Gasteiger partial charge >= 0.3 is 0 Å². The van der Waals surface area contributed by atoms with E-state index in [-0.39, 0.29) is 0 Å². The molecule has 2 heteroatoms. The van der Waals surface area contributed by atoms with E-state index in [4.69, 9.17) is 11.5 Å². The molecule has 0 heterocycles. The summed E-state index contributed by atoms with van der Waals surface area (Å²) in [7, 11) is 0. The van der Waals surface area contributed by atoms with Gasteiger partial charge in [-0.25, -0.2) is 0 Å². The average molecular weight is 453 g/mol. The number of benzene rings is 2. The second-order valence-corrected chi connectivity index (χ2v) is 14.3. The number of nitrogen functional groups attached to an aromatic ring is 2. The number of anilines is 2. The molecule has 10 rings (SSSR count). The molecule has 2 nitrogen and oxygen atoms in total. The van der Waals surface area contributed by atoms with Crippen molar-refractivity contribution in [1.82, 2.24) is 0 Å². The Hall–Kier alpha value is -1.96. The first-order valence-corrected chi connectivity index (χ1v) is 14.1. The minimum Gasteiger partial charge on any atom is -0.399 e. The van der Waals surface area contributed by atoms with Crippen LogP contribution in [-0.4, -0.2) is 0 Å². The van der Waals surface area contributed by atoms with E-state index in [1.54, 1.807) is 11.1 Å². The largest absolute Gasteiger partial charge is 0.399 e. The second-order valence-electron chi connectivity index (χ2n) is 14.3. The van der Waals surface area contributed by atoms with Gasteiger partial charge in [-0.05, 0) is 158 Å². The predicted octanol–water partition coefficient (Wildman–Crippen LogP) is 7.23. The fraction of sp³-hybridized carbons (Fsp3) is 0.625. The Labute approximate surface area is 204 Å². The molecule has 0 aliphatic heterocycles. The normalized spacial score (nSPS) is 47.9. The first kappa shape index (κ1) is 20.3. The molecule has 2 aromatic carbocycles. The molecule has 0 amide bonds. The van der Waals surface area contributed by atoms with Gasteiger partial charge in [0.1, 0.15) is 0 Å². The van der Waals surface area contributed by atoms with Crippen molar-refractivity contribution in [1.29, 1.82) is 0 Å². The Bertz CT molecular complexity index is 1010. The van der Waals surface area contributed by atoms with Crippen LogP contribution in [-0.2, 0) is 10.8 Å². The zero-order valence-electron chi connectivity index (χ0n) is 20.6. The molecule has 8 bridgehead atoms. The van der Waals surface area contributed by atoms with E-state index in [1.807, 2.05) is 0 Å². The minimum atomic E-state index is 0.412. The monoisotopic (exact) mass is 452 g/mol. The summed E-state index contributed by atoms with van der Waals surface area (Å²) in [5.74, 6) is 3.78. The highest BCUT2D eigenvalue weighted by Crippen LogP contribution is 2.78. The Morgan fingerprint density at radius 1 is 0.471 bits per heavy atom. The zero-order chi connectivity index (χ0) is 22.8. The molecule has 8 aliphatic rings. The van der Waals surface area contributed by atoms with E-state index >= 15 is 0 Å². The van der Waals surface area contributed by atoms with Crippen LogP contribution in [0.3, 0.4) is 0 Å². The lowest BCUT2D eigenvalue weighted by atomic mass is 9.30. The van der Waals surface area contributed by atoms with Crippen molar-refractivity contribution in [2.24, 2.45) is 34.5 Å². The smallest absolute Gasteiger partial charge is 0.0314 e. The van der Waals surface area contributed by atoms with E-state index in [1.165, 1.54) is 77.0 Å². The summed E-state index contributed by atoms with van der Waals surface area (Å²) < 4.78 is 0. The summed E-state index contributed by atoms with van der Waals surface area (Å²) in [6.07, 6.45) is 17.7. The van der Waals surface area contributed by atoms with Crippen LogP contribution in [0.25, 0.3) is 0 Å². The Morgan fingerprint density at radius 3 is 1.12 bits per heavy atom. The van der Waals surface area contributed by atoms with Crippen molar-refractivity contribution < 1.29 is 0 Å². The second kappa shape index (κ2) is 6.42. The lowest BCUT2D eigenvalue weighted by Gasteiger charge is -2.74. The van der Waals surface area contributed by atoms with Crippen molar-refractivity contribution in [2.75, 3.05) is 11.5 Å². The van der Waals surface area contributed by atoms with E-state index in [0.29, 0.717) is 21.7 Å². The maximum absolute atomic E-state index is 6.12. The van der Waals surface area contributed by atoms with Gasteiger partial charge in [-0.15, -0.1) is 0 Å². The highest BCUT2D eigenvalue weighted by Gasteiger charge is 2.70. The summed E-state index contributed by atoms with van der Waals surface area (Å²) in [4.78, 5) is 0. The molecule has 8 aliphatic carbocycles. The first-order chi connectivity index (χ1) is 16.4. The van der Waals surface area contributed by atoms with Gasteiger partial charge in [0.05, 0.1) is 0 Å². The summed E-state index contributed by atoms with van der Waals surface area (Å²) in [6.45, 7) is 0. The van der Waals surface area contributed by atoms with Crippen LogP contribution in [0.1, 0.15) is 88.2 Å². The minimum absolute atomic E-state index is 0.412. The first-order valence-electron chi connectivity index (χ1n) is 14.1. The molecule has 4 N–H and O–H groups in total. The molecular weight excluding hydrogens is 412 g/mol. The van der Waals surface area contributed by atoms with Gasteiger partial charge in [-0.3, -0.25) is 0 Å². The van der Waals surface area contributed by atoms with E-state index in [0.717, 1.165) is 35.0 Å². The van der Waals surface area contributed by atoms with Gasteiger partial charge in [0, 0.05) is 11.4 Å². The van der Waals surface area contributed by atoms with Crippen LogP contribution < -0.4 is 11.5 Å². The quantitative estimate of drug-likeness (QED) is 0.483. The third-order valence-corrected chi connectivity index (χ3v) is 12.3. The van der Waals surface area contributed by atoms with Gasteiger partial charge < -0.3 is 11.5 Å². The molecule has 8 saturated carbocycles. The number of nitrogens with two attached hydrogens (primary N) is 2. The molecule has 0 spiro atoms. The zero-order valence-corrected chi connectivity index (χ0v) is 20.6. The van der Waals surface area contributed by atoms with E-state index < -0.39 is 0 Å². The van der Waals surface area contributed by atoms with Crippen LogP contribution in [0.4, 0.5) is 11.4 Å². The third-order valence-electron chi connectivity index (χ3n) is 12.3. The SMILES string of the molecule is Nc1ccc(C23CC4CC(C2)CC(C25CC6CC(CC(c7ccc(N)cc7)(C6)C2)C5)(C4)C3)cc1. The Morgan fingerprint density at radius 2 is 0.794 bits per heavy atom. The van der Waals surface area contributed by atoms with Crippen LogP contribution in [0, 0.1) is 34.5 Å². The lowest BCUT2D eigenvalue weighted by molar-refractivity contribution is -0.212. The predicted molar refractivity (Wildman–Crippen MR) is 139 cm³/mol. The summed E-state index contributed by atoms with van der Waals surface area (Å²) >= 11 is 0. The molecule has 0 saturated heterocycles. The highest BCUT2D eigenvalue weighted by atomic mass is 14.7. The van der Waals surface area contributed by atoms with Gasteiger partial charge in [-0.2, -0.15) is 0 Å². The van der Waals surface area contributed by atoms with Crippen LogP contribution in [0.15, 0.2) is 48.5 Å². The van der Waals surface area contributed by atoms with Gasteiger partial charge in [-0.1, -0.05) is 24.3 Å². The van der Waals surface area contributed by atoms with E-state index in [9.17, 15) is 0 Å². The Kier molecular flexibility index (Phi) is 3.83. The van der Waals surface area contributed by atoms with Crippen molar-refractivity contribution in [2.45, 2.75) is 87.9 Å². The number of rotatable bonds is 3. The van der Waals surface area contributed by atoms with Gasteiger partial charge in [0.2, 0.25) is 0 Å². The average Bonchev–Trinajstić information content (AvgIpc) is 2.78. The lowest BCUT2D eigenvalue weighted by Crippen LogP contribution is -2.66. The molecule has 4 unspecified atom stereocenters. The van der Waals surface area contributed by atoms with Crippen LogP contribution in [0.5, 0.6) is 0 Å². The van der Waals surface area contributed by atoms with Gasteiger partial charge in [0.25, 0.3) is 0 Å². The molecule has 4 atom stereocenters. The molecule has 178 valence electrons. The van der Waals surface area contributed by atoms with Crippen LogP contribution in [0.2, 0.25) is 0 Å². The molecular formula is C32H40N2.